The normalized spacial score (nSPS) is 15.3. The molecule has 2 aromatic carbocycles. The molecular formula is C23H20F3N3O2. The summed E-state index contributed by atoms with van der Waals surface area (Å²) in [5.74, 6) is -3.34. The lowest BCUT2D eigenvalue weighted by atomic mass is 9.98. The van der Waals surface area contributed by atoms with Gasteiger partial charge in [0.15, 0.2) is 17.5 Å². The highest BCUT2D eigenvalue weighted by Gasteiger charge is 2.29. The number of hydrogen-bond acceptors (Lipinski definition) is 3. The summed E-state index contributed by atoms with van der Waals surface area (Å²) in [7, 11) is 1.67. The van der Waals surface area contributed by atoms with Crippen LogP contribution in [0.3, 0.4) is 0 Å². The second-order valence-corrected chi connectivity index (χ2v) is 7.90. The van der Waals surface area contributed by atoms with Gasteiger partial charge in [0.2, 0.25) is 0 Å². The van der Waals surface area contributed by atoms with Crippen molar-refractivity contribution in [3.63, 3.8) is 0 Å². The minimum Gasteiger partial charge on any atom is -0.493 e. The maximum Gasteiger partial charge on any atom is 0.254 e. The molecule has 2 aliphatic heterocycles. The van der Waals surface area contributed by atoms with Crippen molar-refractivity contribution in [3.05, 3.63) is 70.2 Å². The third-order valence-corrected chi connectivity index (χ3v) is 5.91. The standard InChI is InChI=1S/C23H20F3N3O2/c1-28-22(15-9-17(24)21(26)18(25)10-15)16-6-7-29(12-19(16)27-28)23(30)14-5-4-13-3-2-8-31-20(13)11-14/h4-5,9-11H,2-3,6-8,12H2,1H3. The number of hydrogen-bond donors (Lipinski definition) is 0. The number of nitrogens with zero attached hydrogens (tertiary/aromatic N) is 3. The van der Waals surface area contributed by atoms with Crippen LogP contribution in [0.15, 0.2) is 30.3 Å². The lowest BCUT2D eigenvalue weighted by Gasteiger charge is -2.27. The molecule has 0 aliphatic carbocycles. The molecule has 0 spiro atoms. The molecular weight excluding hydrogens is 407 g/mol. The second-order valence-electron chi connectivity index (χ2n) is 7.90. The molecule has 0 saturated carbocycles. The van der Waals surface area contributed by atoms with Crippen molar-refractivity contribution in [2.24, 2.45) is 7.05 Å². The molecule has 2 aliphatic rings. The van der Waals surface area contributed by atoms with Crippen LogP contribution in [0.5, 0.6) is 5.75 Å². The van der Waals surface area contributed by atoms with E-state index in [4.69, 9.17) is 4.74 Å². The number of aryl methyl sites for hydroxylation is 2. The molecule has 3 heterocycles. The summed E-state index contributed by atoms with van der Waals surface area (Å²) in [6, 6.07) is 7.49. The number of carbonyl (C=O) groups is 1. The van der Waals surface area contributed by atoms with Crippen LogP contribution in [-0.4, -0.2) is 33.7 Å². The smallest absolute Gasteiger partial charge is 0.254 e. The molecule has 0 bridgehead atoms. The lowest BCUT2D eigenvalue weighted by molar-refractivity contribution is 0.0731. The maximum atomic E-state index is 13.8. The van der Waals surface area contributed by atoms with Crippen LogP contribution in [-0.2, 0) is 26.4 Å². The molecule has 31 heavy (non-hydrogen) atoms. The zero-order valence-electron chi connectivity index (χ0n) is 16.9. The minimum absolute atomic E-state index is 0.117. The van der Waals surface area contributed by atoms with Crippen molar-refractivity contribution in [1.82, 2.24) is 14.7 Å². The molecule has 1 amide bonds. The molecule has 5 rings (SSSR count). The molecule has 0 unspecified atom stereocenters. The number of fused-ring (bicyclic) bond motifs is 2. The Bertz CT molecular complexity index is 1180. The highest BCUT2D eigenvalue weighted by Crippen LogP contribution is 2.33. The first-order chi connectivity index (χ1) is 14.9. The Kier molecular flexibility index (Phi) is 4.72. The summed E-state index contributed by atoms with van der Waals surface area (Å²) in [5, 5.41) is 4.47. The van der Waals surface area contributed by atoms with Crippen LogP contribution in [0.4, 0.5) is 13.2 Å². The molecule has 0 saturated heterocycles. The Morgan fingerprint density at radius 3 is 2.65 bits per heavy atom. The van der Waals surface area contributed by atoms with Crippen LogP contribution < -0.4 is 4.74 Å². The molecule has 0 radical (unpaired) electrons. The van der Waals surface area contributed by atoms with E-state index in [-0.39, 0.29) is 18.0 Å². The van der Waals surface area contributed by atoms with Gasteiger partial charge in [0.05, 0.1) is 24.5 Å². The largest absolute Gasteiger partial charge is 0.493 e. The van der Waals surface area contributed by atoms with Gasteiger partial charge in [0, 0.05) is 30.3 Å². The Labute approximate surface area is 177 Å². The summed E-state index contributed by atoms with van der Waals surface area (Å²) in [6.45, 7) is 1.37. The first-order valence-electron chi connectivity index (χ1n) is 10.2. The molecule has 0 fully saturated rings. The fourth-order valence-electron chi connectivity index (χ4n) is 4.40. The van der Waals surface area contributed by atoms with Crippen LogP contribution in [0, 0.1) is 17.5 Å². The highest BCUT2D eigenvalue weighted by atomic mass is 19.2. The summed E-state index contributed by atoms with van der Waals surface area (Å²) in [6.07, 6.45) is 2.39. The molecule has 0 N–H and O–H groups in total. The summed E-state index contributed by atoms with van der Waals surface area (Å²) < 4.78 is 48.1. The Balaban J connectivity index is 1.43. The van der Waals surface area contributed by atoms with Gasteiger partial charge >= 0.3 is 0 Å². The molecule has 0 atom stereocenters. The number of carbonyl (C=O) groups excluding carboxylic acids is 1. The molecule has 3 aromatic rings. The van der Waals surface area contributed by atoms with E-state index in [1.807, 2.05) is 12.1 Å². The monoisotopic (exact) mass is 427 g/mol. The van der Waals surface area contributed by atoms with Gasteiger partial charge in [-0.25, -0.2) is 13.2 Å². The van der Waals surface area contributed by atoms with Gasteiger partial charge in [-0.2, -0.15) is 5.10 Å². The third kappa shape index (κ3) is 3.36. The quantitative estimate of drug-likeness (QED) is 0.581. The molecule has 8 heteroatoms. The fourth-order valence-corrected chi connectivity index (χ4v) is 4.40. The zero-order chi connectivity index (χ0) is 21.7. The van der Waals surface area contributed by atoms with E-state index in [0.29, 0.717) is 36.5 Å². The molecule has 5 nitrogen and oxygen atoms in total. The number of benzene rings is 2. The minimum atomic E-state index is -1.49. The van der Waals surface area contributed by atoms with E-state index in [2.05, 4.69) is 5.10 Å². The number of rotatable bonds is 2. The van der Waals surface area contributed by atoms with E-state index in [1.54, 1.807) is 18.0 Å². The van der Waals surface area contributed by atoms with Gasteiger partial charge < -0.3 is 9.64 Å². The first kappa shape index (κ1) is 19.7. The van der Waals surface area contributed by atoms with Gasteiger partial charge in [-0.3, -0.25) is 9.48 Å². The molecule has 1 aromatic heterocycles. The number of aromatic nitrogens is 2. The predicted molar refractivity (Wildman–Crippen MR) is 107 cm³/mol. The van der Waals surface area contributed by atoms with E-state index in [9.17, 15) is 18.0 Å². The van der Waals surface area contributed by atoms with Gasteiger partial charge in [-0.1, -0.05) is 6.07 Å². The van der Waals surface area contributed by atoms with E-state index in [0.717, 1.165) is 41.9 Å². The van der Waals surface area contributed by atoms with E-state index in [1.165, 1.54) is 4.68 Å². The van der Waals surface area contributed by atoms with Crippen molar-refractivity contribution in [1.29, 1.82) is 0 Å². The van der Waals surface area contributed by atoms with Crippen LogP contribution in [0.1, 0.15) is 33.6 Å². The second kappa shape index (κ2) is 7.44. The fraction of sp³-hybridized carbons (Fsp3) is 0.304. The van der Waals surface area contributed by atoms with Crippen LogP contribution in [0.25, 0.3) is 11.3 Å². The van der Waals surface area contributed by atoms with Crippen molar-refractivity contribution >= 4 is 5.91 Å². The summed E-state index contributed by atoms with van der Waals surface area (Å²) in [5.41, 5.74) is 3.89. The number of amides is 1. The average molecular weight is 427 g/mol. The Morgan fingerprint density at radius 2 is 1.87 bits per heavy atom. The van der Waals surface area contributed by atoms with E-state index < -0.39 is 17.5 Å². The Hall–Kier alpha value is -3.29. The van der Waals surface area contributed by atoms with Gasteiger partial charge in [0.1, 0.15) is 5.75 Å². The zero-order valence-corrected chi connectivity index (χ0v) is 16.9. The number of halogens is 3. The predicted octanol–water partition coefficient (Wildman–Crippen LogP) is 4.03. The highest BCUT2D eigenvalue weighted by molar-refractivity contribution is 5.95. The maximum absolute atomic E-state index is 13.8. The van der Waals surface area contributed by atoms with Gasteiger partial charge in [0.25, 0.3) is 5.91 Å². The summed E-state index contributed by atoms with van der Waals surface area (Å²) >= 11 is 0. The third-order valence-electron chi connectivity index (χ3n) is 5.91. The topological polar surface area (TPSA) is 47.4 Å². The summed E-state index contributed by atoms with van der Waals surface area (Å²) in [4.78, 5) is 14.8. The van der Waals surface area contributed by atoms with Crippen LogP contribution in [0.2, 0.25) is 0 Å². The SMILES string of the molecule is Cn1nc2c(c1-c1cc(F)c(F)c(F)c1)CCN(C(=O)c1ccc3c(c1)OCCC3)C2. The van der Waals surface area contributed by atoms with Crippen molar-refractivity contribution in [3.8, 4) is 17.0 Å². The number of ether oxygens (including phenoxy) is 1. The first-order valence-corrected chi connectivity index (χ1v) is 10.2. The van der Waals surface area contributed by atoms with Gasteiger partial charge in [-0.15, -0.1) is 0 Å². The van der Waals surface area contributed by atoms with Crippen LogP contribution >= 0.6 is 0 Å². The molecule has 160 valence electrons. The van der Waals surface area contributed by atoms with E-state index >= 15 is 0 Å². The Morgan fingerprint density at radius 1 is 1.10 bits per heavy atom. The van der Waals surface area contributed by atoms with Crippen molar-refractivity contribution in [2.45, 2.75) is 25.8 Å². The van der Waals surface area contributed by atoms with Crippen molar-refractivity contribution < 1.29 is 22.7 Å². The van der Waals surface area contributed by atoms with Crippen molar-refractivity contribution in [2.75, 3.05) is 13.2 Å². The van der Waals surface area contributed by atoms with Gasteiger partial charge in [-0.05, 0) is 49.1 Å². The average Bonchev–Trinajstić information content (AvgIpc) is 3.11. The lowest BCUT2D eigenvalue weighted by Crippen LogP contribution is -2.36.